The second-order valence-electron chi connectivity index (χ2n) is 3.06. The average Bonchev–Trinajstić information content (AvgIpc) is 2.45. The minimum Gasteiger partial charge on any atom is -0.443 e. The van der Waals surface area contributed by atoms with Crippen molar-refractivity contribution < 1.29 is 9.53 Å². The summed E-state index contributed by atoms with van der Waals surface area (Å²) in [7, 11) is 0. The number of nitrogens with zero attached hydrogens (tertiary/aromatic N) is 1. The zero-order valence-electron chi connectivity index (χ0n) is 10.9. The quantitative estimate of drug-likeness (QED) is 0.622. The molecule has 5 heteroatoms. The Kier molecular flexibility index (Phi) is 10.4. The molecule has 0 radical (unpaired) electrons. The summed E-state index contributed by atoms with van der Waals surface area (Å²) in [6.07, 6.45) is 1.58. The number of nitrogens with one attached hydrogen (secondary N) is 1. The van der Waals surface area contributed by atoms with Gasteiger partial charge in [-0.2, -0.15) is 5.10 Å². The van der Waals surface area contributed by atoms with Gasteiger partial charge in [-0.05, 0) is 18.5 Å². The Bertz CT molecular complexity index is 339. The minimum atomic E-state index is -0.572. The molecule has 1 aromatic carbocycles. The van der Waals surface area contributed by atoms with Crippen LogP contribution in [0.3, 0.4) is 0 Å². The van der Waals surface area contributed by atoms with E-state index in [0.29, 0.717) is 13.0 Å². The molecule has 0 aliphatic rings. The van der Waals surface area contributed by atoms with E-state index in [4.69, 9.17) is 10.5 Å². The summed E-state index contributed by atoms with van der Waals surface area (Å²) in [4.78, 5) is 11.1. The molecule has 0 saturated carbocycles. The molecule has 0 aliphatic heterocycles. The van der Waals surface area contributed by atoms with Crippen LogP contribution in [0.5, 0.6) is 0 Å². The number of ether oxygens (including phenoxy) is 1. The molecule has 0 heterocycles. The molecule has 3 N–H and O–H groups in total. The summed E-state index contributed by atoms with van der Waals surface area (Å²) in [6.45, 7) is 4.74. The van der Waals surface area contributed by atoms with Crippen LogP contribution in [0.1, 0.15) is 25.8 Å². The van der Waals surface area contributed by atoms with Gasteiger partial charge in [0.05, 0.1) is 0 Å². The Morgan fingerprint density at radius 1 is 1.39 bits per heavy atom. The lowest BCUT2D eigenvalue weighted by molar-refractivity contribution is 0.140. The summed E-state index contributed by atoms with van der Waals surface area (Å²) in [5.41, 5.74) is 8.42. The number of nitrogens with two attached hydrogens (primary N) is 1. The average molecular weight is 251 g/mol. The smallest absolute Gasteiger partial charge is 0.428 e. The lowest BCUT2D eigenvalue weighted by Gasteiger charge is -2.03. The predicted molar refractivity (Wildman–Crippen MR) is 73.3 cm³/mol. The van der Waals surface area contributed by atoms with Crippen molar-refractivity contribution in [3.63, 3.8) is 0 Å². The van der Waals surface area contributed by atoms with Gasteiger partial charge in [-0.3, -0.25) is 0 Å². The molecule has 5 nitrogen and oxygen atoms in total. The molecule has 0 spiro atoms. The Hall–Kier alpha value is -1.88. The molecule has 0 fully saturated rings. The predicted octanol–water partition coefficient (Wildman–Crippen LogP) is 2.27. The van der Waals surface area contributed by atoms with E-state index in [9.17, 15) is 4.79 Å². The fraction of sp³-hybridized carbons (Fsp3) is 0.385. The number of hydrogen-bond acceptors (Lipinski definition) is 4. The molecule has 0 aromatic heterocycles. The molecule has 1 amide bonds. The van der Waals surface area contributed by atoms with Crippen LogP contribution in [0, 0.1) is 0 Å². The second kappa shape index (κ2) is 11.6. The van der Waals surface area contributed by atoms with Gasteiger partial charge in [0.2, 0.25) is 0 Å². The number of carbonyl (C=O) groups is 1. The normalized spacial score (nSPS) is 9.50. The summed E-state index contributed by atoms with van der Waals surface area (Å²) in [5, 5.41) is 3.64. The van der Waals surface area contributed by atoms with Gasteiger partial charge in [0, 0.05) is 6.21 Å². The van der Waals surface area contributed by atoms with E-state index in [1.807, 2.05) is 44.2 Å². The van der Waals surface area contributed by atoms with Gasteiger partial charge in [-0.15, -0.1) is 0 Å². The van der Waals surface area contributed by atoms with Gasteiger partial charge in [0.15, 0.2) is 0 Å². The van der Waals surface area contributed by atoms with Crippen molar-refractivity contribution >= 4 is 12.3 Å². The Labute approximate surface area is 108 Å². The van der Waals surface area contributed by atoms with Crippen LogP contribution in [0.25, 0.3) is 0 Å². The van der Waals surface area contributed by atoms with E-state index in [1.54, 1.807) is 0 Å². The largest absolute Gasteiger partial charge is 0.443 e. The molecule has 1 aromatic rings. The highest BCUT2D eigenvalue weighted by molar-refractivity contribution is 5.69. The third-order valence-electron chi connectivity index (χ3n) is 1.76. The number of hydrogen-bond donors (Lipinski definition) is 2. The van der Waals surface area contributed by atoms with Crippen molar-refractivity contribution in [2.24, 2.45) is 10.8 Å². The van der Waals surface area contributed by atoms with Gasteiger partial charge in [0.1, 0.15) is 6.61 Å². The third-order valence-corrected chi connectivity index (χ3v) is 1.76. The first-order chi connectivity index (χ1) is 8.83. The minimum absolute atomic E-state index is 0.235. The number of hydrazone groups is 1. The van der Waals surface area contributed by atoms with Crippen LogP contribution in [-0.2, 0) is 11.3 Å². The van der Waals surface area contributed by atoms with Gasteiger partial charge in [-0.25, -0.2) is 10.2 Å². The molecule has 0 aliphatic carbocycles. The van der Waals surface area contributed by atoms with Gasteiger partial charge < -0.3 is 10.5 Å². The zero-order valence-corrected chi connectivity index (χ0v) is 10.9. The highest BCUT2D eigenvalue weighted by Crippen LogP contribution is 2.00. The van der Waals surface area contributed by atoms with Crippen molar-refractivity contribution in [2.75, 3.05) is 6.54 Å². The standard InChI is InChI=1S/C11H15N3O2.C2H6/c12-7-4-8-13-14-11(15)16-9-10-5-2-1-3-6-10;1-2/h1-3,5-6,8H,4,7,9,12H2,(H,14,15);1-2H3/b13-8+;. The van der Waals surface area contributed by atoms with Gasteiger partial charge >= 0.3 is 6.09 Å². The van der Waals surface area contributed by atoms with E-state index < -0.39 is 6.09 Å². The van der Waals surface area contributed by atoms with E-state index in [2.05, 4.69) is 10.5 Å². The molecule has 1 rings (SSSR count). The maximum absolute atomic E-state index is 11.1. The van der Waals surface area contributed by atoms with Crippen molar-refractivity contribution in [2.45, 2.75) is 26.9 Å². The second-order valence-corrected chi connectivity index (χ2v) is 3.06. The van der Waals surface area contributed by atoms with Crippen LogP contribution >= 0.6 is 0 Å². The molecular weight excluding hydrogens is 230 g/mol. The number of rotatable bonds is 5. The van der Waals surface area contributed by atoms with Gasteiger partial charge in [-0.1, -0.05) is 44.2 Å². The van der Waals surface area contributed by atoms with Crippen molar-refractivity contribution in [1.29, 1.82) is 0 Å². The van der Waals surface area contributed by atoms with Gasteiger partial charge in [0.25, 0.3) is 0 Å². The monoisotopic (exact) mass is 251 g/mol. The summed E-state index contributed by atoms with van der Waals surface area (Å²) in [5.74, 6) is 0. The lowest BCUT2D eigenvalue weighted by Crippen LogP contribution is -2.18. The van der Waals surface area contributed by atoms with E-state index in [1.165, 1.54) is 6.21 Å². The van der Waals surface area contributed by atoms with Crippen LogP contribution in [0.15, 0.2) is 35.4 Å². The number of benzene rings is 1. The van der Waals surface area contributed by atoms with E-state index >= 15 is 0 Å². The van der Waals surface area contributed by atoms with Crippen LogP contribution < -0.4 is 11.2 Å². The van der Waals surface area contributed by atoms with E-state index in [0.717, 1.165) is 5.56 Å². The molecule has 100 valence electrons. The molecule has 18 heavy (non-hydrogen) atoms. The zero-order chi connectivity index (χ0) is 13.6. The molecular formula is C13H21N3O2. The highest BCUT2D eigenvalue weighted by atomic mass is 16.5. The van der Waals surface area contributed by atoms with Crippen LogP contribution in [0.4, 0.5) is 4.79 Å². The number of carbonyl (C=O) groups excluding carboxylic acids is 1. The first-order valence-corrected chi connectivity index (χ1v) is 6.01. The van der Waals surface area contributed by atoms with Crippen LogP contribution in [0.2, 0.25) is 0 Å². The highest BCUT2D eigenvalue weighted by Gasteiger charge is 1.99. The first-order valence-electron chi connectivity index (χ1n) is 6.01. The maximum atomic E-state index is 11.1. The van der Waals surface area contributed by atoms with Crippen molar-refractivity contribution in [1.82, 2.24) is 5.43 Å². The first kappa shape index (κ1) is 16.1. The Balaban J connectivity index is 0.00000137. The summed E-state index contributed by atoms with van der Waals surface area (Å²) >= 11 is 0. The fourth-order valence-corrected chi connectivity index (χ4v) is 0.993. The van der Waals surface area contributed by atoms with Crippen LogP contribution in [-0.4, -0.2) is 18.9 Å². The summed E-state index contributed by atoms with van der Waals surface area (Å²) < 4.78 is 4.91. The molecule has 0 saturated heterocycles. The molecule has 0 atom stereocenters. The maximum Gasteiger partial charge on any atom is 0.428 e. The lowest BCUT2D eigenvalue weighted by atomic mass is 10.2. The topological polar surface area (TPSA) is 76.7 Å². The fourth-order valence-electron chi connectivity index (χ4n) is 0.993. The third kappa shape index (κ3) is 8.29. The van der Waals surface area contributed by atoms with Crippen molar-refractivity contribution in [3.05, 3.63) is 35.9 Å². The van der Waals surface area contributed by atoms with Crippen molar-refractivity contribution in [3.8, 4) is 0 Å². The number of amides is 1. The molecule has 0 unspecified atom stereocenters. The SMILES string of the molecule is CC.NCC/C=N/NC(=O)OCc1ccccc1. The van der Waals surface area contributed by atoms with E-state index in [-0.39, 0.29) is 6.61 Å². The summed E-state index contributed by atoms with van der Waals surface area (Å²) in [6, 6.07) is 9.43. The Morgan fingerprint density at radius 3 is 2.67 bits per heavy atom. The Morgan fingerprint density at radius 2 is 2.06 bits per heavy atom. The molecule has 0 bridgehead atoms.